The number of aryl methyl sites for hydroxylation is 1. The van der Waals surface area contributed by atoms with E-state index in [0.29, 0.717) is 17.0 Å². The van der Waals surface area contributed by atoms with Crippen molar-refractivity contribution >= 4 is 23.2 Å². The van der Waals surface area contributed by atoms with Crippen LogP contribution in [0.2, 0.25) is 0 Å². The molecule has 0 bridgehead atoms. The molecular formula is C16H16N2O3. The number of furan rings is 1. The number of anilines is 2. The van der Waals surface area contributed by atoms with E-state index in [1.165, 1.54) is 6.26 Å². The molecule has 1 heterocycles. The van der Waals surface area contributed by atoms with Gasteiger partial charge in [-0.15, -0.1) is 0 Å². The van der Waals surface area contributed by atoms with E-state index >= 15 is 0 Å². The fraction of sp³-hybridized carbons (Fsp3) is 0.250. The number of nitrogens with one attached hydrogen (secondary N) is 2. The van der Waals surface area contributed by atoms with Crippen LogP contribution in [0.15, 0.2) is 41.0 Å². The molecule has 21 heavy (non-hydrogen) atoms. The Morgan fingerprint density at radius 1 is 1.05 bits per heavy atom. The maximum Gasteiger partial charge on any atom is 0.259 e. The molecule has 0 atom stereocenters. The predicted molar refractivity (Wildman–Crippen MR) is 79.2 cm³/mol. The molecule has 0 radical (unpaired) electrons. The number of rotatable bonds is 4. The smallest absolute Gasteiger partial charge is 0.259 e. The van der Waals surface area contributed by atoms with Crippen molar-refractivity contribution in [2.75, 3.05) is 10.6 Å². The summed E-state index contributed by atoms with van der Waals surface area (Å²) in [5, 5.41) is 5.64. The van der Waals surface area contributed by atoms with E-state index in [1.807, 2.05) is 0 Å². The average molecular weight is 284 g/mol. The van der Waals surface area contributed by atoms with Crippen molar-refractivity contribution in [3.63, 3.8) is 0 Å². The van der Waals surface area contributed by atoms with Crippen molar-refractivity contribution in [1.29, 1.82) is 0 Å². The van der Waals surface area contributed by atoms with E-state index in [4.69, 9.17) is 4.42 Å². The van der Waals surface area contributed by atoms with Crippen LogP contribution in [0, 0.1) is 12.8 Å². The summed E-state index contributed by atoms with van der Waals surface area (Å²) in [5.74, 6) is 0.617. The number of amides is 2. The van der Waals surface area contributed by atoms with Crippen molar-refractivity contribution in [2.45, 2.75) is 19.8 Å². The molecule has 5 heteroatoms. The van der Waals surface area contributed by atoms with Crippen LogP contribution >= 0.6 is 0 Å². The zero-order valence-corrected chi connectivity index (χ0v) is 11.7. The highest BCUT2D eigenvalue weighted by Crippen LogP contribution is 2.30. The van der Waals surface area contributed by atoms with Gasteiger partial charge < -0.3 is 15.1 Å². The second-order valence-electron chi connectivity index (χ2n) is 5.19. The van der Waals surface area contributed by atoms with Gasteiger partial charge in [0.1, 0.15) is 5.76 Å². The zero-order valence-electron chi connectivity index (χ0n) is 11.7. The van der Waals surface area contributed by atoms with E-state index in [2.05, 4.69) is 10.6 Å². The zero-order chi connectivity index (χ0) is 14.8. The molecule has 0 aliphatic heterocycles. The number of carbonyl (C=O) groups excluding carboxylic acids is 2. The predicted octanol–water partition coefficient (Wildman–Crippen LogP) is 3.19. The Morgan fingerprint density at radius 3 is 2.19 bits per heavy atom. The van der Waals surface area contributed by atoms with E-state index < -0.39 is 0 Å². The van der Waals surface area contributed by atoms with Gasteiger partial charge in [0.05, 0.1) is 11.8 Å². The lowest BCUT2D eigenvalue weighted by molar-refractivity contribution is -0.117. The molecule has 1 fully saturated rings. The summed E-state index contributed by atoms with van der Waals surface area (Å²) in [5.41, 5.74) is 1.93. The first kappa shape index (κ1) is 13.4. The summed E-state index contributed by atoms with van der Waals surface area (Å²) < 4.78 is 5.11. The van der Waals surface area contributed by atoms with Crippen molar-refractivity contribution in [3.05, 3.63) is 47.9 Å². The number of carbonyl (C=O) groups is 2. The molecule has 1 aromatic heterocycles. The Kier molecular flexibility index (Phi) is 3.48. The summed E-state index contributed by atoms with van der Waals surface area (Å²) in [6.45, 7) is 1.74. The molecule has 0 spiro atoms. The second kappa shape index (κ2) is 5.44. The summed E-state index contributed by atoms with van der Waals surface area (Å²) >= 11 is 0. The third kappa shape index (κ3) is 3.13. The maximum atomic E-state index is 12.0. The van der Waals surface area contributed by atoms with Crippen LogP contribution in [0.1, 0.15) is 29.0 Å². The highest BCUT2D eigenvalue weighted by molar-refractivity contribution is 6.05. The molecule has 2 aromatic rings. The molecule has 1 saturated carbocycles. The molecular weight excluding hydrogens is 268 g/mol. The molecule has 0 saturated heterocycles. The third-order valence-corrected chi connectivity index (χ3v) is 3.46. The monoisotopic (exact) mass is 284 g/mol. The van der Waals surface area contributed by atoms with E-state index in [-0.39, 0.29) is 17.7 Å². The van der Waals surface area contributed by atoms with Gasteiger partial charge in [-0.25, -0.2) is 0 Å². The fourth-order valence-electron chi connectivity index (χ4n) is 2.05. The minimum absolute atomic E-state index is 0.0702. The van der Waals surface area contributed by atoms with Gasteiger partial charge in [-0.2, -0.15) is 0 Å². The van der Waals surface area contributed by atoms with Crippen molar-refractivity contribution in [1.82, 2.24) is 0 Å². The molecule has 5 nitrogen and oxygen atoms in total. The first-order chi connectivity index (χ1) is 10.1. The fourth-order valence-corrected chi connectivity index (χ4v) is 2.05. The Hall–Kier alpha value is -2.56. The Balaban J connectivity index is 1.62. The first-order valence-corrected chi connectivity index (χ1v) is 6.90. The van der Waals surface area contributed by atoms with Gasteiger partial charge in [-0.05, 0) is 50.1 Å². The molecule has 2 N–H and O–H groups in total. The Bertz CT molecular complexity index is 669. The highest BCUT2D eigenvalue weighted by Gasteiger charge is 2.29. The van der Waals surface area contributed by atoms with Crippen LogP contribution < -0.4 is 10.6 Å². The number of hydrogen-bond acceptors (Lipinski definition) is 3. The Labute approximate surface area is 122 Å². The van der Waals surface area contributed by atoms with Crippen molar-refractivity contribution < 1.29 is 14.0 Å². The molecule has 3 rings (SSSR count). The normalized spacial score (nSPS) is 13.8. The summed E-state index contributed by atoms with van der Waals surface area (Å²) in [4.78, 5) is 23.7. The van der Waals surface area contributed by atoms with Crippen LogP contribution in [-0.4, -0.2) is 11.8 Å². The SMILES string of the molecule is Cc1occc1C(=O)Nc1ccc(NC(=O)C2CC2)cc1. The second-order valence-corrected chi connectivity index (χ2v) is 5.19. The summed E-state index contributed by atoms with van der Waals surface area (Å²) in [7, 11) is 0. The van der Waals surface area contributed by atoms with E-state index in [9.17, 15) is 9.59 Å². The van der Waals surface area contributed by atoms with Crippen LogP contribution in [-0.2, 0) is 4.79 Å². The summed E-state index contributed by atoms with van der Waals surface area (Å²) in [6, 6.07) is 8.71. The maximum absolute atomic E-state index is 12.0. The molecule has 1 aliphatic rings. The van der Waals surface area contributed by atoms with Gasteiger partial charge in [0.2, 0.25) is 5.91 Å². The van der Waals surface area contributed by atoms with Gasteiger partial charge in [-0.1, -0.05) is 0 Å². The third-order valence-electron chi connectivity index (χ3n) is 3.46. The minimum Gasteiger partial charge on any atom is -0.469 e. The van der Waals surface area contributed by atoms with Crippen LogP contribution in [0.25, 0.3) is 0 Å². The van der Waals surface area contributed by atoms with Crippen molar-refractivity contribution in [2.24, 2.45) is 5.92 Å². The van der Waals surface area contributed by atoms with Crippen LogP contribution in [0.4, 0.5) is 11.4 Å². The van der Waals surface area contributed by atoms with Gasteiger partial charge in [0.15, 0.2) is 0 Å². The topological polar surface area (TPSA) is 71.3 Å². The Morgan fingerprint density at radius 2 is 1.67 bits per heavy atom. The molecule has 1 aliphatic carbocycles. The molecule has 0 unspecified atom stereocenters. The standard InChI is InChI=1S/C16H16N2O3/c1-10-14(8-9-21-10)16(20)18-13-6-4-12(5-7-13)17-15(19)11-2-3-11/h4-9,11H,2-3H2,1H3,(H,17,19)(H,18,20). The van der Waals surface area contributed by atoms with Gasteiger partial charge in [-0.3, -0.25) is 9.59 Å². The van der Waals surface area contributed by atoms with Crippen LogP contribution in [0.5, 0.6) is 0 Å². The van der Waals surface area contributed by atoms with E-state index in [1.54, 1.807) is 37.3 Å². The quantitative estimate of drug-likeness (QED) is 0.905. The lowest BCUT2D eigenvalue weighted by atomic mass is 10.2. The molecule has 2 amide bonds. The lowest BCUT2D eigenvalue weighted by Gasteiger charge is -2.07. The highest BCUT2D eigenvalue weighted by atomic mass is 16.3. The largest absolute Gasteiger partial charge is 0.469 e. The molecule has 1 aromatic carbocycles. The van der Waals surface area contributed by atoms with Crippen LogP contribution in [0.3, 0.4) is 0 Å². The average Bonchev–Trinajstić information content (AvgIpc) is 3.23. The van der Waals surface area contributed by atoms with E-state index in [0.717, 1.165) is 18.5 Å². The minimum atomic E-state index is -0.212. The molecule has 108 valence electrons. The van der Waals surface area contributed by atoms with Gasteiger partial charge in [0, 0.05) is 17.3 Å². The lowest BCUT2D eigenvalue weighted by Crippen LogP contribution is -2.14. The van der Waals surface area contributed by atoms with Crippen molar-refractivity contribution in [3.8, 4) is 0 Å². The first-order valence-electron chi connectivity index (χ1n) is 6.90. The summed E-state index contributed by atoms with van der Waals surface area (Å²) in [6.07, 6.45) is 3.44. The number of hydrogen-bond donors (Lipinski definition) is 2. The van der Waals surface area contributed by atoms with Gasteiger partial charge >= 0.3 is 0 Å². The van der Waals surface area contributed by atoms with Gasteiger partial charge in [0.25, 0.3) is 5.91 Å². The number of benzene rings is 1.